The Bertz CT molecular complexity index is 845. The molecule has 0 atom stereocenters. The lowest BCUT2D eigenvalue weighted by Crippen LogP contribution is -2.11. The van der Waals surface area contributed by atoms with Crippen molar-refractivity contribution in [3.8, 4) is 22.1 Å². The highest BCUT2D eigenvalue weighted by atomic mass is 32.1. The van der Waals surface area contributed by atoms with Crippen molar-refractivity contribution in [2.24, 2.45) is 0 Å². The smallest absolute Gasteiger partial charge is 0.255 e. The van der Waals surface area contributed by atoms with Crippen molar-refractivity contribution < 1.29 is 14.3 Å². The third kappa shape index (κ3) is 2.76. The predicted molar refractivity (Wildman–Crippen MR) is 88.1 cm³/mol. The van der Waals surface area contributed by atoms with Gasteiger partial charge in [0.1, 0.15) is 5.01 Å². The van der Waals surface area contributed by atoms with Crippen molar-refractivity contribution in [1.82, 2.24) is 4.98 Å². The van der Waals surface area contributed by atoms with E-state index in [0.29, 0.717) is 22.7 Å². The summed E-state index contributed by atoms with van der Waals surface area (Å²) in [6, 6.07) is 12.7. The fourth-order valence-electron chi connectivity index (χ4n) is 2.31. The number of benzene rings is 2. The fourth-order valence-corrected chi connectivity index (χ4v) is 2.95. The highest BCUT2D eigenvalue weighted by molar-refractivity contribution is 7.13. The molecular weight excluding hydrogens is 312 g/mol. The van der Waals surface area contributed by atoms with Crippen LogP contribution in [0.1, 0.15) is 10.4 Å². The maximum atomic E-state index is 12.3. The Hall–Kier alpha value is -2.86. The topological polar surface area (TPSA) is 60.5 Å². The van der Waals surface area contributed by atoms with E-state index < -0.39 is 0 Å². The monoisotopic (exact) mass is 324 g/mol. The van der Waals surface area contributed by atoms with Crippen LogP contribution >= 0.6 is 11.3 Å². The lowest BCUT2D eigenvalue weighted by Gasteiger charge is -2.06. The first-order valence-corrected chi connectivity index (χ1v) is 7.88. The number of anilines is 1. The molecule has 5 nitrogen and oxygen atoms in total. The third-order valence-electron chi connectivity index (χ3n) is 3.46. The molecule has 1 aliphatic heterocycles. The number of aromatic nitrogens is 1. The zero-order valence-electron chi connectivity index (χ0n) is 12.0. The number of fused-ring (bicyclic) bond motifs is 1. The van der Waals surface area contributed by atoms with Gasteiger partial charge in [-0.3, -0.25) is 4.79 Å². The number of hydrogen-bond acceptors (Lipinski definition) is 5. The van der Waals surface area contributed by atoms with E-state index in [2.05, 4.69) is 10.3 Å². The van der Waals surface area contributed by atoms with Gasteiger partial charge in [-0.1, -0.05) is 12.1 Å². The maximum absolute atomic E-state index is 12.3. The van der Waals surface area contributed by atoms with E-state index in [1.165, 1.54) is 0 Å². The van der Waals surface area contributed by atoms with E-state index in [9.17, 15) is 4.79 Å². The van der Waals surface area contributed by atoms with E-state index >= 15 is 0 Å². The average Bonchev–Trinajstić information content (AvgIpc) is 3.26. The first kappa shape index (κ1) is 13.8. The first-order valence-electron chi connectivity index (χ1n) is 7.00. The van der Waals surface area contributed by atoms with Gasteiger partial charge in [0.15, 0.2) is 11.5 Å². The molecule has 1 amide bonds. The van der Waals surface area contributed by atoms with Gasteiger partial charge in [0.2, 0.25) is 6.79 Å². The molecule has 6 heteroatoms. The Kier molecular flexibility index (Phi) is 3.44. The number of rotatable bonds is 3. The second kappa shape index (κ2) is 5.73. The fraction of sp³-hybridized carbons (Fsp3) is 0.0588. The van der Waals surface area contributed by atoms with E-state index in [4.69, 9.17) is 9.47 Å². The Labute approximate surface area is 136 Å². The quantitative estimate of drug-likeness (QED) is 0.796. The minimum atomic E-state index is -0.172. The first-order chi connectivity index (χ1) is 11.3. The summed E-state index contributed by atoms with van der Waals surface area (Å²) >= 11 is 1.57. The van der Waals surface area contributed by atoms with Crippen LogP contribution < -0.4 is 14.8 Å². The third-order valence-corrected chi connectivity index (χ3v) is 4.28. The summed E-state index contributed by atoms with van der Waals surface area (Å²) < 4.78 is 10.6. The Morgan fingerprint density at radius 2 is 1.91 bits per heavy atom. The highest BCUT2D eigenvalue weighted by Gasteiger charge is 2.14. The minimum Gasteiger partial charge on any atom is -0.454 e. The highest BCUT2D eigenvalue weighted by Crippen LogP contribution is 2.34. The van der Waals surface area contributed by atoms with Gasteiger partial charge in [-0.15, -0.1) is 11.3 Å². The van der Waals surface area contributed by atoms with Crippen LogP contribution in [0.4, 0.5) is 5.69 Å². The summed E-state index contributed by atoms with van der Waals surface area (Å²) in [5, 5.41) is 5.72. The number of hydrogen-bond donors (Lipinski definition) is 1. The zero-order chi connectivity index (χ0) is 15.6. The van der Waals surface area contributed by atoms with Gasteiger partial charge < -0.3 is 14.8 Å². The summed E-state index contributed by atoms with van der Waals surface area (Å²) in [4.78, 5) is 16.6. The van der Waals surface area contributed by atoms with Gasteiger partial charge >= 0.3 is 0 Å². The number of nitrogens with one attached hydrogen (secondary N) is 1. The second-order valence-corrected chi connectivity index (χ2v) is 5.83. The molecule has 1 aliphatic rings. The van der Waals surface area contributed by atoms with Crippen LogP contribution in [0.15, 0.2) is 54.0 Å². The SMILES string of the molecule is O=C(Nc1ccc2c(c1)OCO2)c1ccc(-c2nccs2)cc1. The summed E-state index contributed by atoms with van der Waals surface area (Å²) in [6.45, 7) is 0.213. The van der Waals surface area contributed by atoms with Crippen molar-refractivity contribution in [2.45, 2.75) is 0 Å². The average molecular weight is 324 g/mol. The second-order valence-electron chi connectivity index (χ2n) is 4.94. The predicted octanol–water partition coefficient (Wildman–Crippen LogP) is 3.79. The van der Waals surface area contributed by atoms with Crippen LogP contribution in [0.5, 0.6) is 11.5 Å². The molecule has 0 spiro atoms. The Morgan fingerprint density at radius 3 is 2.70 bits per heavy atom. The van der Waals surface area contributed by atoms with Crippen LogP contribution in [0.25, 0.3) is 10.6 Å². The van der Waals surface area contributed by atoms with E-state index in [-0.39, 0.29) is 12.7 Å². The number of thiazole rings is 1. The number of carbonyl (C=O) groups excluding carboxylic acids is 1. The number of ether oxygens (including phenoxy) is 2. The van der Waals surface area contributed by atoms with Gasteiger partial charge in [0, 0.05) is 34.5 Å². The van der Waals surface area contributed by atoms with Crippen molar-refractivity contribution in [3.63, 3.8) is 0 Å². The molecule has 114 valence electrons. The van der Waals surface area contributed by atoms with Crippen molar-refractivity contribution in [2.75, 3.05) is 12.1 Å². The molecule has 2 aromatic carbocycles. The van der Waals surface area contributed by atoms with Crippen LogP contribution in [-0.4, -0.2) is 17.7 Å². The number of carbonyl (C=O) groups is 1. The normalized spacial score (nSPS) is 12.2. The van der Waals surface area contributed by atoms with E-state index in [1.807, 2.05) is 17.5 Å². The van der Waals surface area contributed by atoms with Crippen LogP contribution in [0, 0.1) is 0 Å². The molecule has 23 heavy (non-hydrogen) atoms. The summed E-state index contributed by atoms with van der Waals surface area (Å²) in [5.41, 5.74) is 2.26. The maximum Gasteiger partial charge on any atom is 0.255 e. The Balaban J connectivity index is 1.51. The summed E-state index contributed by atoms with van der Waals surface area (Å²) in [7, 11) is 0. The van der Waals surface area contributed by atoms with Crippen molar-refractivity contribution in [3.05, 3.63) is 59.6 Å². The number of amides is 1. The van der Waals surface area contributed by atoms with Crippen molar-refractivity contribution >= 4 is 22.9 Å². The standard InChI is InChI=1S/C17H12N2O3S/c20-16(19-13-5-6-14-15(9-13)22-10-21-14)11-1-3-12(4-2-11)17-18-7-8-23-17/h1-9H,10H2,(H,19,20). The minimum absolute atomic E-state index is 0.172. The van der Waals surface area contributed by atoms with Gasteiger partial charge in [-0.05, 0) is 24.3 Å². The van der Waals surface area contributed by atoms with Gasteiger partial charge in [-0.25, -0.2) is 4.98 Å². The van der Waals surface area contributed by atoms with Crippen LogP contribution in [0.3, 0.4) is 0 Å². The molecule has 1 aromatic heterocycles. The van der Waals surface area contributed by atoms with Crippen LogP contribution in [-0.2, 0) is 0 Å². The summed E-state index contributed by atoms with van der Waals surface area (Å²) in [6.07, 6.45) is 1.76. The molecule has 3 aromatic rings. The lowest BCUT2D eigenvalue weighted by molar-refractivity contribution is 0.102. The van der Waals surface area contributed by atoms with Gasteiger partial charge in [0.25, 0.3) is 5.91 Å². The van der Waals surface area contributed by atoms with Gasteiger partial charge in [-0.2, -0.15) is 0 Å². The molecule has 0 fully saturated rings. The number of nitrogens with zero attached hydrogens (tertiary/aromatic N) is 1. The van der Waals surface area contributed by atoms with E-state index in [1.54, 1.807) is 47.9 Å². The largest absolute Gasteiger partial charge is 0.454 e. The molecule has 4 rings (SSSR count). The molecule has 1 N–H and O–H groups in total. The molecule has 0 saturated carbocycles. The lowest BCUT2D eigenvalue weighted by atomic mass is 10.1. The van der Waals surface area contributed by atoms with Crippen LogP contribution in [0.2, 0.25) is 0 Å². The van der Waals surface area contributed by atoms with Gasteiger partial charge in [0.05, 0.1) is 0 Å². The zero-order valence-corrected chi connectivity index (χ0v) is 12.8. The van der Waals surface area contributed by atoms with E-state index in [0.717, 1.165) is 10.6 Å². The molecular formula is C17H12N2O3S. The molecule has 2 heterocycles. The Morgan fingerprint density at radius 1 is 1.09 bits per heavy atom. The molecule has 0 saturated heterocycles. The van der Waals surface area contributed by atoms with Crippen molar-refractivity contribution in [1.29, 1.82) is 0 Å². The molecule has 0 bridgehead atoms. The molecule has 0 radical (unpaired) electrons. The molecule has 0 aliphatic carbocycles. The summed E-state index contributed by atoms with van der Waals surface area (Å²) in [5.74, 6) is 1.16. The molecule has 0 unspecified atom stereocenters.